The molecule has 1 atom stereocenters. The van der Waals surface area contributed by atoms with Crippen LogP contribution in [0.3, 0.4) is 0 Å². The molecule has 1 aromatic carbocycles. The van der Waals surface area contributed by atoms with Crippen LogP contribution in [0, 0.1) is 16.0 Å². The second-order valence-electron chi connectivity index (χ2n) is 5.34. The fraction of sp³-hybridized carbons (Fsp3) is 0.400. The van der Waals surface area contributed by atoms with Gasteiger partial charge >= 0.3 is 0 Å². The molecule has 5 heteroatoms. The van der Waals surface area contributed by atoms with Crippen LogP contribution in [-0.4, -0.2) is 23.0 Å². The first kappa shape index (κ1) is 13.0. The lowest BCUT2D eigenvalue weighted by atomic mass is 9.99. The smallest absolute Gasteiger partial charge is 0.278 e. The molecule has 5 nitrogen and oxygen atoms in total. The van der Waals surface area contributed by atoms with E-state index in [1.54, 1.807) is 24.4 Å². The number of aromatic nitrogens is 1. The van der Waals surface area contributed by atoms with Gasteiger partial charge in [-0.2, -0.15) is 0 Å². The van der Waals surface area contributed by atoms with Crippen molar-refractivity contribution in [1.29, 1.82) is 0 Å². The second kappa shape index (κ2) is 5.17. The van der Waals surface area contributed by atoms with Crippen LogP contribution in [0.4, 0.5) is 5.69 Å². The molecule has 104 valence electrons. The quantitative estimate of drug-likeness (QED) is 0.670. The molecular weight excluding hydrogens is 254 g/mol. The average molecular weight is 271 g/mol. The average Bonchev–Trinajstić information content (AvgIpc) is 3.28. The summed E-state index contributed by atoms with van der Waals surface area (Å²) in [5.74, 6) is 0.731. The standard InChI is InChI=1S/C15H17N3O2/c1-16-13(10-4-5-10)9-11-6-7-14(18(19)20)12-3-2-8-17-15(11)12/h2-3,6-8,10,13,16H,4-5,9H2,1H3. The Morgan fingerprint density at radius 3 is 2.90 bits per heavy atom. The van der Waals surface area contributed by atoms with Crippen molar-refractivity contribution in [3.63, 3.8) is 0 Å². The number of fused-ring (bicyclic) bond motifs is 1. The third-order valence-corrected chi connectivity index (χ3v) is 4.03. The summed E-state index contributed by atoms with van der Waals surface area (Å²) in [6.07, 6.45) is 5.10. The highest BCUT2D eigenvalue weighted by Crippen LogP contribution is 2.35. The molecular formula is C15H17N3O2. The van der Waals surface area contributed by atoms with Crippen molar-refractivity contribution < 1.29 is 4.92 Å². The molecule has 1 N–H and O–H groups in total. The normalized spacial score (nSPS) is 16.2. The maximum Gasteiger partial charge on any atom is 0.278 e. The zero-order valence-electron chi connectivity index (χ0n) is 11.4. The van der Waals surface area contributed by atoms with Crippen LogP contribution in [0.15, 0.2) is 30.5 Å². The van der Waals surface area contributed by atoms with Gasteiger partial charge in [-0.3, -0.25) is 15.1 Å². The van der Waals surface area contributed by atoms with Gasteiger partial charge in [0.05, 0.1) is 15.8 Å². The van der Waals surface area contributed by atoms with E-state index in [0.29, 0.717) is 11.4 Å². The van der Waals surface area contributed by atoms with Crippen LogP contribution in [0.2, 0.25) is 0 Å². The summed E-state index contributed by atoms with van der Waals surface area (Å²) in [7, 11) is 1.98. The minimum atomic E-state index is -0.343. The van der Waals surface area contributed by atoms with Crippen LogP contribution >= 0.6 is 0 Å². The van der Waals surface area contributed by atoms with Crippen LogP contribution < -0.4 is 5.32 Å². The van der Waals surface area contributed by atoms with Gasteiger partial charge in [0.25, 0.3) is 5.69 Å². The molecule has 0 aliphatic heterocycles. The summed E-state index contributed by atoms with van der Waals surface area (Å²) in [6.45, 7) is 0. The first-order chi connectivity index (χ1) is 9.70. The molecule has 0 bridgehead atoms. The molecule has 1 aromatic heterocycles. The van der Waals surface area contributed by atoms with Crippen molar-refractivity contribution in [3.05, 3.63) is 46.1 Å². The first-order valence-corrected chi connectivity index (χ1v) is 6.89. The lowest BCUT2D eigenvalue weighted by Crippen LogP contribution is -2.29. The predicted molar refractivity (Wildman–Crippen MR) is 77.7 cm³/mol. The van der Waals surface area contributed by atoms with E-state index < -0.39 is 0 Å². The molecule has 3 rings (SSSR count). The van der Waals surface area contributed by atoms with E-state index in [9.17, 15) is 10.1 Å². The van der Waals surface area contributed by atoms with Gasteiger partial charge in [0.1, 0.15) is 0 Å². The van der Waals surface area contributed by atoms with E-state index in [0.717, 1.165) is 23.4 Å². The van der Waals surface area contributed by atoms with Gasteiger partial charge in [0, 0.05) is 18.3 Å². The predicted octanol–water partition coefficient (Wildman–Crippen LogP) is 2.68. The molecule has 1 aliphatic carbocycles. The molecule has 1 saturated carbocycles. The summed E-state index contributed by atoms with van der Waals surface area (Å²) in [6, 6.07) is 7.39. The summed E-state index contributed by atoms with van der Waals surface area (Å²) >= 11 is 0. The Morgan fingerprint density at radius 2 is 2.25 bits per heavy atom. The Morgan fingerprint density at radius 1 is 1.45 bits per heavy atom. The maximum absolute atomic E-state index is 11.1. The summed E-state index contributed by atoms with van der Waals surface area (Å²) in [5.41, 5.74) is 1.96. The summed E-state index contributed by atoms with van der Waals surface area (Å²) < 4.78 is 0. The largest absolute Gasteiger partial charge is 0.316 e. The van der Waals surface area contributed by atoms with Gasteiger partial charge in [-0.25, -0.2) is 0 Å². The van der Waals surface area contributed by atoms with E-state index in [1.165, 1.54) is 12.8 Å². The number of hydrogen-bond donors (Lipinski definition) is 1. The lowest BCUT2D eigenvalue weighted by molar-refractivity contribution is -0.383. The van der Waals surface area contributed by atoms with Gasteiger partial charge in [-0.15, -0.1) is 0 Å². The Kier molecular flexibility index (Phi) is 3.36. The van der Waals surface area contributed by atoms with Gasteiger partial charge in [0.15, 0.2) is 0 Å². The van der Waals surface area contributed by atoms with Crippen LogP contribution in [0.5, 0.6) is 0 Å². The van der Waals surface area contributed by atoms with Crippen molar-refractivity contribution in [3.8, 4) is 0 Å². The Hall–Kier alpha value is -2.01. The molecule has 1 aliphatic rings. The number of rotatable bonds is 5. The van der Waals surface area contributed by atoms with Crippen LogP contribution in [0.25, 0.3) is 10.9 Å². The van der Waals surface area contributed by atoms with Crippen molar-refractivity contribution in [2.24, 2.45) is 5.92 Å². The monoisotopic (exact) mass is 271 g/mol. The minimum Gasteiger partial charge on any atom is -0.316 e. The number of benzene rings is 1. The molecule has 0 spiro atoms. The molecule has 2 aromatic rings. The number of pyridine rings is 1. The second-order valence-corrected chi connectivity index (χ2v) is 5.34. The summed E-state index contributed by atoms with van der Waals surface area (Å²) in [5, 5.41) is 15.1. The van der Waals surface area contributed by atoms with Gasteiger partial charge in [-0.1, -0.05) is 0 Å². The molecule has 1 fully saturated rings. The van der Waals surface area contributed by atoms with E-state index in [2.05, 4.69) is 10.3 Å². The third-order valence-electron chi connectivity index (χ3n) is 4.03. The topological polar surface area (TPSA) is 68.1 Å². The van der Waals surface area contributed by atoms with Crippen molar-refractivity contribution in [2.45, 2.75) is 25.3 Å². The number of nitrogens with zero attached hydrogens (tertiary/aromatic N) is 2. The number of nitro benzene ring substituents is 1. The number of likely N-dealkylation sites (N-methyl/N-ethyl adjacent to an activating group) is 1. The third kappa shape index (κ3) is 2.36. The highest BCUT2D eigenvalue weighted by molar-refractivity contribution is 5.90. The Balaban J connectivity index is 2.03. The molecule has 0 amide bonds. The maximum atomic E-state index is 11.1. The highest BCUT2D eigenvalue weighted by Gasteiger charge is 2.30. The van der Waals surface area contributed by atoms with Crippen LogP contribution in [0.1, 0.15) is 18.4 Å². The Bertz CT molecular complexity index is 653. The molecule has 0 saturated heterocycles. The highest BCUT2D eigenvalue weighted by atomic mass is 16.6. The van der Waals surface area contributed by atoms with Gasteiger partial charge in [0.2, 0.25) is 0 Å². The van der Waals surface area contributed by atoms with Crippen molar-refractivity contribution in [2.75, 3.05) is 7.05 Å². The number of hydrogen-bond acceptors (Lipinski definition) is 4. The van der Waals surface area contributed by atoms with E-state index >= 15 is 0 Å². The summed E-state index contributed by atoms with van der Waals surface area (Å²) in [4.78, 5) is 15.1. The minimum absolute atomic E-state index is 0.129. The van der Waals surface area contributed by atoms with Gasteiger partial charge in [-0.05, 0) is 56.0 Å². The molecule has 0 radical (unpaired) electrons. The lowest BCUT2D eigenvalue weighted by Gasteiger charge is -2.16. The zero-order chi connectivity index (χ0) is 14.1. The number of nitrogens with one attached hydrogen (secondary N) is 1. The molecule has 20 heavy (non-hydrogen) atoms. The molecule has 1 heterocycles. The number of non-ortho nitro benzene ring substituents is 1. The fourth-order valence-electron chi connectivity index (χ4n) is 2.78. The SMILES string of the molecule is CNC(Cc1ccc([N+](=O)[O-])c2cccnc12)C1CC1. The molecule has 1 unspecified atom stereocenters. The zero-order valence-corrected chi connectivity index (χ0v) is 11.4. The van der Waals surface area contributed by atoms with Crippen molar-refractivity contribution >= 4 is 16.6 Å². The fourth-order valence-corrected chi connectivity index (χ4v) is 2.78. The van der Waals surface area contributed by atoms with E-state index in [1.807, 2.05) is 13.1 Å². The Labute approximate surface area is 117 Å². The van der Waals surface area contributed by atoms with E-state index in [-0.39, 0.29) is 10.6 Å². The van der Waals surface area contributed by atoms with Gasteiger partial charge < -0.3 is 5.32 Å². The number of nitro groups is 1. The van der Waals surface area contributed by atoms with Crippen molar-refractivity contribution in [1.82, 2.24) is 10.3 Å². The first-order valence-electron chi connectivity index (χ1n) is 6.89. The van der Waals surface area contributed by atoms with Crippen LogP contribution in [-0.2, 0) is 6.42 Å². The van der Waals surface area contributed by atoms with E-state index in [4.69, 9.17) is 0 Å².